The van der Waals surface area contributed by atoms with Gasteiger partial charge in [0.25, 0.3) is 5.91 Å². The number of carbonyl (C=O) groups excluding carboxylic acids is 2. The maximum Gasteiger partial charge on any atom is 0.469 e. The van der Waals surface area contributed by atoms with Crippen LogP contribution in [0, 0.1) is 0 Å². The average Bonchev–Trinajstić information content (AvgIpc) is 3.00. The highest BCUT2D eigenvalue weighted by molar-refractivity contribution is 7.46. The Bertz CT molecular complexity index is 673. The average molecular weight is 366 g/mol. The van der Waals surface area contributed by atoms with Crippen LogP contribution in [0.3, 0.4) is 0 Å². The van der Waals surface area contributed by atoms with Crippen LogP contribution in [0.4, 0.5) is 5.82 Å². The van der Waals surface area contributed by atoms with Crippen LogP contribution in [0.5, 0.6) is 0 Å². The Morgan fingerprint density at radius 2 is 2.17 bits per heavy atom. The van der Waals surface area contributed by atoms with Crippen molar-refractivity contribution in [3.05, 3.63) is 12.0 Å². The number of amides is 2. The van der Waals surface area contributed by atoms with E-state index in [9.17, 15) is 24.4 Å². The number of aliphatic hydroxyl groups is 2. The van der Waals surface area contributed by atoms with E-state index in [1.807, 2.05) is 0 Å². The van der Waals surface area contributed by atoms with Gasteiger partial charge in [0.2, 0.25) is 6.41 Å². The van der Waals surface area contributed by atoms with Crippen molar-refractivity contribution >= 4 is 26.0 Å². The first-order chi connectivity index (χ1) is 11.2. The van der Waals surface area contributed by atoms with E-state index in [1.165, 1.54) is 0 Å². The second kappa shape index (κ2) is 6.94. The molecule has 2 heterocycles. The third kappa shape index (κ3) is 3.79. The first-order valence-electron chi connectivity index (χ1n) is 6.44. The normalized spacial score (nSPS) is 27.2. The van der Waals surface area contributed by atoms with E-state index in [-0.39, 0.29) is 17.9 Å². The highest BCUT2D eigenvalue weighted by atomic mass is 31.2. The Morgan fingerprint density at radius 1 is 1.50 bits per heavy atom. The Kier molecular flexibility index (Phi) is 5.35. The predicted molar refractivity (Wildman–Crippen MR) is 74.4 cm³/mol. The lowest BCUT2D eigenvalue weighted by Crippen LogP contribution is -2.34. The molecule has 1 saturated heterocycles. The van der Waals surface area contributed by atoms with Gasteiger partial charge in [0, 0.05) is 0 Å². The van der Waals surface area contributed by atoms with Gasteiger partial charge >= 0.3 is 7.82 Å². The number of ether oxygens (including phenoxy) is 1. The Balaban J connectivity index is 2.25. The molecule has 1 aromatic heterocycles. The van der Waals surface area contributed by atoms with Crippen LogP contribution in [-0.4, -0.2) is 66.8 Å². The minimum absolute atomic E-state index is 0.183. The molecule has 0 bridgehead atoms. The van der Waals surface area contributed by atoms with Crippen molar-refractivity contribution in [3.8, 4) is 0 Å². The fourth-order valence-electron chi connectivity index (χ4n) is 2.23. The molecule has 1 aliphatic heterocycles. The second-order valence-electron chi connectivity index (χ2n) is 4.81. The number of nitrogens with two attached hydrogens (primary N) is 1. The molecule has 2 amide bonds. The van der Waals surface area contributed by atoms with Crippen molar-refractivity contribution in [3.63, 3.8) is 0 Å². The van der Waals surface area contributed by atoms with Gasteiger partial charge in [-0.15, -0.1) is 0 Å². The van der Waals surface area contributed by atoms with E-state index in [2.05, 4.69) is 14.8 Å². The van der Waals surface area contributed by atoms with Gasteiger partial charge in [-0.25, -0.2) is 9.55 Å². The summed E-state index contributed by atoms with van der Waals surface area (Å²) >= 11 is 0. The zero-order valence-electron chi connectivity index (χ0n) is 11.9. The minimum Gasteiger partial charge on any atom is -0.387 e. The summed E-state index contributed by atoms with van der Waals surface area (Å²) in [4.78, 5) is 43.1. The first-order valence-corrected chi connectivity index (χ1v) is 7.97. The SMILES string of the molecule is NC(=O)c1c(NC=O)ncn1[C@H]1O[C@@H](COP(=O)(O)O)[C@H](O)[C@@H]1O. The van der Waals surface area contributed by atoms with Gasteiger partial charge in [-0.05, 0) is 0 Å². The molecule has 0 saturated carbocycles. The van der Waals surface area contributed by atoms with E-state index in [1.54, 1.807) is 0 Å². The number of anilines is 1. The van der Waals surface area contributed by atoms with Crippen molar-refractivity contribution in [2.75, 3.05) is 11.9 Å². The summed E-state index contributed by atoms with van der Waals surface area (Å²) in [6.07, 6.45) is -4.47. The number of carbonyl (C=O) groups is 2. The molecule has 4 atom stereocenters. The summed E-state index contributed by atoms with van der Waals surface area (Å²) in [5, 5.41) is 22.1. The van der Waals surface area contributed by atoms with Crippen molar-refractivity contribution < 1.29 is 43.4 Å². The van der Waals surface area contributed by atoms with Crippen LogP contribution >= 0.6 is 7.82 Å². The van der Waals surface area contributed by atoms with Crippen LogP contribution in [0.25, 0.3) is 0 Å². The summed E-state index contributed by atoms with van der Waals surface area (Å²) < 4.78 is 21.2. The summed E-state index contributed by atoms with van der Waals surface area (Å²) in [6, 6.07) is 0. The number of primary amides is 1. The standard InChI is InChI=1S/C10H15N4O9P/c11-8(18)5-9(13-3-15)12-2-14(5)10-7(17)6(16)4(23-10)1-22-24(19,20)21/h2-4,6-7,10,16-17H,1H2,(H2,11,18)(H,13,15)(H2,19,20,21)/t4-,6-,7-,10-/m0/s1. The molecule has 0 radical (unpaired) electrons. The number of rotatable bonds is 7. The topological polar surface area (TPSA) is 206 Å². The molecule has 14 heteroatoms. The Hall–Kier alpha value is -1.86. The van der Waals surface area contributed by atoms with Gasteiger partial charge in [-0.1, -0.05) is 0 Å². The maximum absolute atomic E-state index is 11.5. The molecule has 1 fully saturated rings. The van der Waals surface area contributed by atoms with E-state index in [0.717, 1.165) is 10.9 Å². The summed E-state index contributed by atoms with van der Waals surface area (Å²) in [6.45, 7) is -0.709. The molecule has 134 valence electrons. The smallest absolute Gasteiger partial charge is 0.387 e. The Morgan fingerprint density at radius 3 is 2.71 bits per heavy atom. The number of nitrogens with one attached hydrogen (secondary N) is 1. The first kappa shape index (κ1) is 18.5. The van der Waals surface area contributed by atoms with Crippen molar-refractivity contribution in [1.82, 2.24) is 9.55 Å². The van der Waals surface area contributed by atoms with Gasteiger partial charge in [-0.3, -0.25) is 18.7 Å². The zero-order chi connectivity index (χ0) is 18.1. The molecule has 0 spiro atoms. The molecule has 13 nitrogen and oxygen atoms in total. The number of phosphoric ester groups is 1. The number of phosphoric acid groups is 1. The highest BCUT2D eigenvalue weighted by Crippen LogP contribution is 2.38. The molecule has 0 aromatic carbocycles. The van der Waals surface area contributed by atoms with Crippen LogP contribution < -0.4 is 11.1 Å². The molecule has 0 aliphatic carbocycles. The van der Waals surface area contributed by atoms with Crippen LogP contribution in [0.1, 0.15) is 16.7 Å². The molecule has 7 N–H and O–H groups in total. The van der Waals surface area contributed by atoms with Gasteiger partial charge in [0.15, 0.2) is 17.7 Å². The summed E-state index contributed by atoms with van der Waals surface area (Å²) in [7, 11) is -4.80. The van der Waals surface area contributed by atoms with E-state index < -0.39 is 44.9 Å². The van der Waals surface area contributed by atoms with E-state index >= 15 is 0 Å². The monoisotopic (exact) mass is 366 g/mol. The van der Waals surface area contributed by atoms with Crippen molar-refractivity contribution in [2.24, 2.45) is 5.73 Å². The quantitative estimate of drug-likeness (QED) is 0.217. The fraction of sp³-hybridized carbons (Fsp3) is 0.500. The minimum atomic E-state index is -4.80. The lowest BCUT2D eigenvalue weighted by molar-refractivity contribution is -0.105. The number of imidazole rings is 1. The molecular weight excluding hydrogens is 351 g/mol. The zero-order valence-corrected chi connectivity index (χ0v) is 12.8. The van der Waals surface area contributed by atoms with Crippen molar-refractivity contribution in [1.29, 1.82) is 0 Å². The van der Waals surface area contributed by atoms with Crippen LogP contribution in [0.2, 0.25) is 0 Å². The third-order valence-corrected chi connectivity index (χ3v) is 3.73. The fourth-order valence-corrected chi connectivity index (χ4v) is 2.57. The van der Waals surface area contributed by atoms with Crippen molar-refractivity contribution in [2.45, 2.75) is 24.5 Å². The second-order valence-corrected chi connectivity index (χ2v) is 6.05. The van der Waals surface area contributed by atoms with Gasteiger partial charge in [0.1, 0.15) is 18.3 Å². The summed E-state index contributed by atoms with van der Waals surface area (Å²) in [5.74, 6) is -1.17. The lowest BCUT2D eigenvalue weighted by atomic mass is 10.1. The van der Waals surface area contributed by atoms with Gasteiger partial charge < -0.3 is 35.8 Å². The number of aliphatic hydroxyl groups excluding tert-OH is 2. The van der Waals surface area contributed by atoms with Crippen LogP contribution in [-0.2, 0) is 18.6 Å². The predicted octanol–water partition coefficient (Wildman–Crippen LogP) is -2.72. The molecule has 0 unspecified atom stereocenters. The van der Waals surface area contributed by atoms with E-state index in [4.69, 9.17) is 20.3 Å². The van der Waals surface area contributed by atoms with Crippen LogP contribution in [0.15, 0.2) is 6.33 Å². The van der Waals surface area contributed by atoms with Gasteiger partial charge in [0.05, 0.1) is 12.9 Å². The number of nitrogens with zero attached hydrogens (tertiary/aromatic N) is 2. The number of hydrogen-bond donors (Lipinski definition) is 6. The molecule has 2 rings (SSSR count). The lowest BCUT2D eigenvalue weighted by Gasteiger charge is -2.18. The summed E-state index contributed by atoms with van der Waals surface area (Å²) in [5.41, 5.74) is 4.91. The molecule has 1 aliphatic rings. The Labute approximate surface area is 134 Å². The third-order valence-electron chi connectivity index (χ3n) is 3.24. The number of aromatic nitrogens is 2. The highest BCUT2D eigenvalue weighted by Gasteiger charge is 2.45. The largest absolute Gasteiger partial charge is 0.469 e. The molecule has 24 heavy (non-hydrogen) atoms. The molecular formula is C10H15N4O9P. The number of hydrogen-bond acceptors (Lipinski definition) is 8. The molecule has 1 aromatic rings. The van der Waals surface area contributed by atoms with Gasteiger partial charge in [-0.2, -0.15) is 0 Å². The maximum atomic E-state index is 11.5. The van der Waals surface area contributed by atoms with E-state index in [0.29, 0.717) is 0 Å².